The van der Waals surface area contributed by atoms with Crippen LogP contribution in [0.2, 0.25) is 5.02 Å². The molecule has 0 fully saturated rings. The lowest BCUT2D eigenvalue weighted by Gasteiger charge is -2.13. The molecule has 1 aromatic heterocycles. The largest absolute Gasteiger partial charge is 0.497 e. The van der Waals surface area contributed by atoms with E-state index in [-0.39, 0.29) is 0 Å². The van der Waals surface area contributed by atoms with Crippen molar-refractivity contribution in [2.24, 2.45) is 0 Å². The van der Waals surface area contributed by atoms with E-state index in [4.69, 9.17) is 21.1 Å². The number of ether oxygens (including phenoxy) is 2. The van der Waals surface area contributed by atoms with Crippen molar-refractivity contribution in [2.75, 3.05) is 31.4 Å². The predicted octanol–water partition coefficient (Wildman–Crippen LogP) is 4.85. The van der Waals surface area contributed by atoms with Gasteiger partial charge in [0.2, 0.25) is 0 Å². The molecule has 3 rings (SSSR count). The zero-order chi connectivity index (χ0) is 19.9. The molecule has 0 bridgehead atoms. The topological polar surface area (TPSA) is 68.3 Å². The second-order valence-corrected chi connectivity index (χ2v) is 6.62. The first-order valence-electron chi connectivity index (χ1n) is 8.90. The molecule has 28 heavy (non-hydrogen) atoms. The van der Waals surface area contributed by atoms with Crippen LogP contribution in [0.15, 0.2) is 48.5 Å². The van der Waals surface area contributed by atoms with Gasteiger partial charge in [-0.15, -0.1) is 0 Å². The molecule has 7 heteroatoms. The summed E-state index contributed by atoms with van der Waals surface area (Å²) in [7, 11) is 3.24. The lowest BCUT2D eigenvalue weighted by Crippen LogP contribution is -2.08. The number of nitrogens with zero attached hydrogens (tertiary/aromatic N) is 2. The van der Waals surface area contributed by atoms with Gasteiger partial charge in [0.1, 0.15) is 29.0 Å². The molecule has 0 saturated carbocycles. The van der Waals surface area contributed by atoms with Crippen molar-refractivity contribution < 1.29 is 9.47 Å². The Kier molecular flexibility index (Phi) is 6.55. The number of halogens is 1. The van der Waals surface area contributed by atoms with Crippen molar-refractivity contribution in [3.63, 3.8) is 0 Å². The molecule has 6 nitrogen and oxygen atoms in total. The molecule has 3 aromatic rings. The first-order valence-corrected chi connectivity index (χ1v) is 9.28. The summed E-state index contributed by atoms with van der Waals surface area (Å²) in [4.78, 5) is 8.91. The number of nitrogens with one attached hydrogen (secondary N) is 2. The summed E-state index contributed by atoms with van der Waals surface area (Å²) in [6.07, 6.45) is 0.846. The average Bonchev–Trinajstić information content (AvgIpc) is 2.68. The van der Waals surface area contributed by atoms with E-state index in [1.807, 2.05) is 49.4 Å². The van der Waals surface area contributed by atoms with Crippen LogP contribution in [-0.2, 0) is 6.42 Å². The summed E-state index contributed by atoms with van der Waals surface area (Å²) in [6.45, 7) is 2.60. The van der Waals surface area contributed by atoms with Crippen molar-refractivity contribution >= 4 is 28.9 Å². The second-order valence-electron chi connectivity index (χ2n) is 6.18. The molecule has 0 aliphatic rings. The number of hydrogen-bond donors (Lipinski definition) is 2. The minimum Gasteiger partial charge on any atom is -0.497 e. The van der Waals surface area contributed by atoms with Crippen molar-refractivity contribution in [3.8, 4) is 11.5 Å². The van der Waals surface area contributed by atoms with Crippen LogP contribution in [0.5, 0.6) is 11.5 Å². The maximum absolute atomic E-state index is 6.04. The molecule has 2 aromatic carbocycles. The highest BCUT2D eigenvalue weighted by molar-refractivity contribution is 6.30. The lowest BCUT2D eigenvalue weighted by molar-refractivity contribution is 0.395. The molecule has 0 saturated heterocycles. The van der Waals surface area contributed by atoms with E-state index in [0.717, 1.165) is 35.2 Å². The Hall–Kier alpha value is -2.99. The third-order valence-electron chi connectivity index (χ3n) is 4.12. The van der Waals surface area contributed by atoms with Gasteiger partial charge in [0.05, 0.1) is 19.9 Å². The Morgan fingerprint density at radius 1 is 0.964 bits per heavy atom. The molecule has 0 aliphatic heterocycles. The Bertz CT molecular complexity index is 949. The van der Waals surface area contributed by atoms with Crippen LogP contribution >= 0.6 is 11.6 Å². The van der Waals surface area contributed by atoms with E-state index in [1.165, 1.54) is 5.56 Å². The average molecular weight is 399 g/mol. The molecule has 146 valence electrons. The zero-order valence-corrected chi connectivity index (χ0v) is 16.9. The third-order valence-corrected chi connectivity index (χ3v) is 4.35. The fourth-order valence-corrected chi connectivity index (χ4v) is 3.00. The number of methoxy groups -OCH3 is 2. The first kappa shape index (κ1) is 19.8. The van der Waals surface area contributed by atoms with Crippen LogP contribution in [-0.4, -0.2) is 30.7 Å². The fourth-order valence-electron chi connectivity index (χ4n) is 2.79. The molecule has 0 aliphatic carbocycles. The van der Waals surface area contributed by atoms with E-state index in [0.29, 0.717) is 17.4 Å². The monoisotopic (exact) mass is 398 g/mol. The zero-order valence-electron chi connectivity index (χ0n) is 16.1. The number of hydrogen-bond acceptors (Lipinski definition) is 6. The smallest absolute Gasteiger partial charge is 0.146 e. The Morgan fingerprint density at radius 2 is 1.79 bits per heavy atom. The molecule has 2 N–H and O–H groups in total. The summed E-state index contributed by atoms with van der Waals surface area (Å²) in [5.74, 6) is 3.50. The van der Waals surface area contributed by atoms with Gasteiger partial charge in [-0.05, 0) is 43.2 Å². The predicted molar refractivity (Wildman–Crippen MR) is 113 cm³/mol. The summed E-state index contributed by atoms with van der Waals surface area (Å²) in [5.41, 5.74) is 1.97. The fraction of sp³-hybridized carbons (Fsp3) is 0.238. The molecular weight excluding hydrogens is 376 g/mol. The number of aromatic nitrogens is 2. The standard InChI is InChI=1S/C21H23ClN4O2/c1-14-24-20(23-10-9-15-5-4-6-16(22)11-15)13-21(25-14)26-18-8-7-17(27-2)12-19(18)28-3/h4-8,11-13H,9-10H2,1-3H3,(H2,23,24,25,26). The quantitative estimate of drug-likeness (QED) is 0.565. The molecule has 0 unspecified atom stereocenters. The first-order chi connectivity index (χ1) is 13.6. The molecule has 1 heterocycles. The number of rotatable bonds is 8. The number of anilines is 3. The molecular formula is C21H23ClN4O2. The minimum atomic E-state index is 0.669. The molecule has 0 radical (unpaired) electrons. The highest BCUT2D eigenvalue weighted by Gasteiger charge is 2.08. The summed E-state index contributed by atoms with van der Waals surface area (Å²) < 4.78 is 10.7. The van der Waals surface area contributed by atoms with Gasteiger partial charge >= 0.3 is 0 Å². The van der Waals surface area contributed by atoms with E-state index < -0.39 is 0 Å². The van der Waals surface area contributed by atoms with Crippen LogP contribution in [0.3, 0.4) is 0 Å². The number of benzene rings is 2. The van der Waals surface area contributed by atoms with Crippen molar-refractivity contribution in [1.82, 2.24) is 9.97 Å². The van der Waals surface area contributed by atoms with Gasteiger partial charge in [-0.2, -0.15) is 0 Å². The Balaban J connectivity index is 1.69. The van der Waals surface area contributed by atoms with Crippen molar-refractivity contribution in [2.45, 2.75) is 13.3 Å². The van der Waals surface area contributed by atoms with Crippen LogP contribution < -0.4 is 20.1 Å². The summed E-state index contributed by atoms with van der Waals surface area (Å²) in [6, 6.07) is 15.3. The van der Waals surface area contributed by atoms with Gasteiger partial charge in [0, 0.05) is 23.7 Å². The molecule has 0 amide bonds. The van der Waals surface area contributed by atoms with E-state index in [1.54, 1.807) is 14.2 Å². The second kappa shape index (κ2) is 9.28. The van der Waals surface area contributed by atoms with Gasteiger partial charge in [0.25, 0.3) is 0 Å². The van der Waals surface area contributed by atoms with Gasteiger partial charge in [-0.25, -0.2) is 9.97 Å². The Labute approximate surface area is 169 Å². The van der Waals surface area contributed by atoms with Gasteiger partial charge in [0.15, 0.2) is 0 Å². The maximum Gasteiger partial charge on any atom is 0.146 e. The normalized spacial score (nSPS) is 10.4. The van der Waals surface area contributed by atoms with Crippen LogP contribution in [0.25, 0.3) is 0 Å². The van der Waals surface area contributed by atoms with Crippen molar-refractivity contribution in [1.29, 1.82) is 0 Å². The summed E-state index contributed by atoms with van der Waals surface area (Å²) >= 11 is 6.04. The van der Waals surface area contributed by atoms with Crippen LogP contribution in [0.1, 0.15) is 11.4 Å². The van der Waals surface area contributed by atoms with E-state index >= 15 is 0 Å². The highest BCUT2D eigenvalue weighted by atomic mass is 35.5. The highest BCUT2D eigenvalue weighted by Crippen LogP contribution is 2.31. The lowest BCUT2D eigenvalue weighted by atomic mass is 10.1. The SMILES string of the molecule is COc1ccc(Nc2cc(NCCc3cccc(Cl)c3)nc(C)n2)c(OC)c1. The van der Waals surface area contributed by atoms with Gasteiger partial charge < -0.3 is 20.1 Å². The summed E-state index contributed by atoms with van der Waals surface area (Å²) in [5, 5.41) is 7.37. The van der Waals surface area contributed by atoms with E-state index in [2.05, 4.69) is 26.7 Å². The van der Waals surface area contributed by atoms with E-state index in [9.17, 15) is 0 Å². The van der Waals surface area contributed by atoms with Gasteiger partial charge in [-0.1, -0.05) is 23.7 Å². The van der Waals surface area contributed by atoms with Gasteiger partial charge in [-0.3, -0.25) is 0 Å². The maximum atomic E-state index is 6.04. The molecule has 0 spiro atoms. The Morgan fingerprint density at radius 3 is 2.54 bits per heavy atom. The molecule has 0 atom stereocenters. The van der Waals surface area contributed by atoms with Crippen LogP contribution in [0, 0.1) is 6.92 Å². The van der Waals surface area contributed by atoms with Crippen LogP contribution in [0.4, 0.5) is 17.3 Å². The van der Waals surface area contributed by atoms with Crippen molar-refractivity contribution in [3.05, 3.63) is 64.9 Å². The third kappa shape index (κ3) is 5.27. The minimum absolute atomic E-state index is 0.669. The number of aryl methyl sites for hydroxylation is 1.